The van der Waals surface area contributed by atoms with Gasteiger partial charge in [0.25, 0.3) is 5.91 Å². The minimum absolute atomic E-state index is 0.255. The van der Waals surface area contributed by atoms with Gasteiger partial charge in [0.15, 0.2) is 0 Å². The van der Waals surface area contributed by atoms with Gasteiger partial charge in [0.05, 0.1) is 6.17 Å². The SMILES string of the molecule is CC(C)CC(Nc1cccc(/C=C/C(=O)NO)c1)N(C)C. The number of nitrogens with zero attached hydrogens (tertiary/aromatic N) is 1. The van der Waals surface area contributed by atoms with Gasteiger partial charge in [-0.25, -0.2) is 5.48 Å². The number of carbonyl (C=O) groups is 1. The predicted molar refractivity (Wildman–Crippen MR) is 86.0 cm³/mol. The van der Waals surface area contributed by atoms with Crippen molar-refractivity contribution in [3.8, 4) is 0 Å². The van der Waals surface area contributed by atoms with E-state index < -0.39 is 5.91 Å². The van der Waals surface area contributed by atoms with Gasteiger partial charge in [0.1, 0.15) is 0 Å². The number of hydrogen-bond donors (Lipinski definition) is 3. The average molecular weight is 291 g/mol. The van der Waals surface area contributed by atoms with Crippen LogP contribution in [-0.4, -0.2) is 36.3 Å². The lowest BCUT2D eigenvalue weighted by Gasteiger charge is -2.28. The summed E-state index contributed by atoms with van der Waals surface area (Å²) in [6, 6.07) is 7.80. The molecule has 116 valence electrons. The van der Waals surface area contributed by atoms with E-state index in [1.54, 1.807) is 11.6 Å². The lowest BCUT2D eigenvalue weighted by molar-refractivity contribution is -0.124. The Kier molecular flexibility index (Phi) is 6.91. The van der Waals surface area contributed by atoms with E-state index in [-0.39, 0.29) is 6.17 Å². The number of hydrogen-bond acceptors (Lipinski definition) is 4. The first-order valence-electron chi connectivity index (χ1n) is 7.07. The molecule has 0 saturated heterocycles. The smallest absolute Gasteiger partial charge is 0.267 e. The molecular weight excluding hydrogens is 266 g/mol. The lowest BCUT2D eigenvalue weighted by Crippen LogP contribution is -2.36. The largest absolute Gasteiger partial charge is 0.370 e. The fraction of sp³-hybridized carbons (Fsp3) is 0.438. The predicted octanol–water partition coefficient (Wildman–Crippen LogP) is 2.55. The fourth-order valence-electron chi connectivity index (χ4n) is 1.98. The molecule has 0 aliphatic heterocycles. The van der Waals surface area contributed by atoms with Crippen molar-refractivity contribution in [1.29, 1.82) is 0 Å². The molecule has 0 aliphatic carbocycles. The summed E-state index contributed by atoms with van der Waals surface area (Å²) in [6.07, 6.45) is 4.24. The number of carbonyl (C=O) groups excluding carboxylic acids is 1. The number of amides is 1. The van der Waals surface area contributed by atoms with Crippen molar-refractivity contribution in [2.24, 2.45) is 5.92 Å². The van der Waals surface area contributed by atoms with Crippen molar-refractivity contribution in [2.45, 2.75) is 26.4 Å². The Bertz CT molecular complexity index is 484. The highest BCUT2D eigenvalue weighted by atomic mass is 16.5. The van der Waals surface area contributed by atoms with Gasteiger partial charge in [-0.2, -0.15) is 0 Å². The fourth-order valence-corrected chi connectivity index (χ4v) is 1.98. The second-order valence-electron chi connectivity index (χ2n) is 5.69. The topological polar surface area (TPSA) is 64.6 Å². The van der Waals surface area contributed by atoms with E-state index >= 15 is 0 Å². The van der Waals surface area contributed by atoms with E-state index in [1.807, 2.05) is 24.3 Å². The summed E-state index contributed by atoms with van der Waals surface area (Å²) in [5, 5.41) is 12.0. The van der Waals surface area contributed by atoms with Crippen LogP contribution in [0, 0.1) is 5.92 Å². The Labute approximate surface area is 126 Å². The third-order valence-electron chi connectivity index (χ3n) is 3.08. The van der Waals surface area contributed by atoms with Gasteiger partial charge in [-0.15, -0.1) is 0 Å². The molecule has 0 bridgehead atoms. The Morgan fingerprint density at radius 1 is 1.38 bits per heavy atom. The van der Waals surface area contributed by atoms with Gasteiger partial charge in [0.2, 0.25) is 0 Å². The molecule has 21 heavy (non-hydrogen) atoms. The van der Waals surface area contributed by atoms with Crippen molar-refractivity contribution in [2.75, 3.05) is 19.4 Å². The minimum Gasteiger partial charge on any atom is -0.370 e. The zero-order valence-corrected chi connectivity index (χ0v) is 13.1. The first kappa shape index (κ1) is 17.2. The molecule has 3 N–H and O–H groups in total. The number of hydroxylamine groups is 1. The molecule has 0 aliphatic rings. The van der Waals surface area contributed by atoms with E-state index in [0.717, 1.165) is 17.7 Å². The molecule has 1 aromatic rings. The molecule has 1 atom stereocenters. The van der Waals surface area contributed by atoms with Crippen LogP contribution in [-0.2, 0) is 4.79 Å². The quantitative estimate of drug-likeness (QED) is 0.313. The first-order valence-corrected chi connectivity index (χ1v) is 7.07. The number of rotatable bonds is 7. The average Bonchev–Trinajstić information content (AvgIpc) is 2.44. The highest BCUT2D eigenvalue weighted by molar-refractivity contribution is 5.90. The standard InChI is InChI=1S/C16H25N3O2/c1-12(2)10-15(19(3)4)17-14-7-5-6-13(11-14)8-9-16(20)18-21/h5-9,11-12,15,17,21H,10H2,1-4H3,(H,18,20)/b9-8+. The molecule has 1 unspecified atom stereocenters. The van der Waals surface area contributed by atoms with Crippen LogP contribution in [0.25, 0.3) is 6.08 Å². The molecule has 0 heterocycles. The Hall–Kier alpha value is -1.85. The maximum absolute atomic E-state index is 11.0. The van der Waals surface area contributed by atoms with Crippen molar-refractivity contribution >= 4 is 17.7 Å². The third kappa shape index (κ3) is 6.42. The second kappa shape index (κ2) is 8.44. The Morgan fingerprint density at radius 2 is 2.10 bits per heavy atom. The summed E-state index contributed by atoms with van der Waals surface area (Å²) in [7, 11) is 4.10. The zero-order valence-electron chi connectivity index (χ0n) is 13.1. The minimum atomic E-state index is -0.542. The van der Waals surface area contributed by atoms with E-state index in [9.17, 15) is 4.79 Å². The van der Waals surface area contributed by atoms with Crippen LogP contribution < -0.4 is 10.8 Å². The van der Waals surface area contributed by atoms with Crippen LogP contribution >= 0.6 is 0 Å². The van der Waals surface area contributed by atoms with Gasteiger partial charge in [-0.3, -0.25) is 14.9 Å². The summed E-state index contributed by atoms with van der Waals surface area (Å²) in [5.41, 5.74) is 3.47. The van der Waals surface area contributed by atoms with Gasteiger partial charge in [0, 0.05) is 11.8 Å². The molecule has 5 nitrogen and oxygen atoms in total. The normalized spacial score (nSPS) is 12.9. The van der Waals surface area contributed by atoms with Gasteiger partial charge < -0.3 is 5.32 Å². The van der Waals surface area contributed by atoms with Crippen LogP contribution in [0.3, 0.4) is 0 Å². The summed E-state index contributed by atoms with van der Waals surface area (Å²) in [4.78, 5) is 13.1. The van der Waals surface area contributed by atoms with Crippen molar-refractivity contribution in [3.05, 3.63) is 35.9 Å². The summed E-state index contributed by atoms with van der Waals surface area (Å²) in [6.45, 7) is 4.40. The van der Waals surface area contributed by atoms with Gasteiger partial charge in [-0.1, -0.05) is 26.0 Å². The number of benzene rings is 1. The lowest BCUT2D eigenvalue weighted by atomic mass is 10.1. The maximum Gasteiger partial charge on any atom is 0.267 e. The van der Waals surface area contributed by atoms with Crippen molar-refractivity contribution in [3.63, 3.8) is 0 Å². The molecule has 0 aromatic heterocycles. The second-order valence-corrected chi connectivity index (χ2v) is 5.69. The number of nitrogens with one attached hydrogen (secondary N) is 2. The molecule has 0 radical (unpaired) electrons. The number of anilines is 1. The Balaban J connectivity index is 2.79. The molecule has 0 spiro atoms. The van der Waals surface area contributed by atoms with Crippen LogP contribution in [0.15, 0.2) is 30.3 Å². The van der Waals surface area contributed by atoms with E-state index in [0.29, 0.717) is 5.92 Å². The van der Waals surface area contributed by atoms with E-state index in [4.69, 9.17) is 5.21 Å². The molecule has 0 fully saturated rings. The summed E-state index contributed by atoms with van der Waals surface area (Å²) in [5.74, 6) is 0.0561. The monoisotopic (exact) mass is 291 g/mol. The van der Waals surface area contributed by atoms with Crippen molar-refractivity contribution < 1.29 is 10.0 Å². The molecule has 1 aromatic carbocycles. The van der Waals surface area contributed by atoms with E-state index in [1.165, 1.54) is 6.08 Å². The summed E-state index contributed by atoms with van der Waals surface area (Å²) >= 11 is 0. The maximum atomic E-state index is 11.0. The Morgan fingerprint density at radius 3 is 2.67 bits per heavy atom. The van der Waals surface area contributed by atoms with Gasteiger partial charge >= 0.3 is 0 Å². The van der Waals surface area contributed by atoms with Crippen LogP contribution in [0.4, 0.5) is 5.69 Å². The van der Waals surface area contributed by atoms with Crippen molar-refractivity contribution in [1.82, 2.24) is 10.4 Å². The highest BCUT2D eigenvalue weighted by Gasteiger charge is 2.12. The van der Waals surface area contributed by atoms with Crippen LogP contribution in [0.5, 0.6) is 0 Å². The zero-order chi connectivity index (χ0) is 15.8. The molecule has 5 heteroatoms. The van der Waals surface area contributed by atoms with Crippen LogP contribution in [0.1, 0.15) is 25.8 Å². The van der Waals surface area contributed by atoms with Crippen LogP contribution in [0.2, 0.25) is 0 Å². The summed E-state index contributed by atoms with van der Waals surface area (Å²) < 4.78 is 0. The van der Waals surface area contributed by atoms with Gasteiger partial charge in [-0.05, 0) is 50.2 Å². The third-order valence-corrected chi connectivity index (χ3v) is 3.08. The molecule has 1 rings (SSSR count). The highest BCUT2D eigenvalue weighted by Crippen LogP contribution is 2.17. The molecular formula is C16H25N3O2. The first-order chi connectivity index (χ1) is 9.92. The molecule has 0 saturated carbocycles. The molecule has 1 amide bonds. The van der Waals surface area contributed by atoms with E-state index in [2.05, 4.69) is 38.2 Å².